The average Bonchev–Trinajstić information content (AvgIpc) is 2.26. The average molecular weight is 219 g/mol. The van der Waals surface area contributed by atoms with Crippen LogP contribution in [0.4, 0.5) is 0 Å². The van der Waals surface area contributed by atoms with Crippen LogP contribution in [0.15, 0.2) is 24.3 Å². The highest BCUT2D eigenvalue weighted by Gasteiger charge is 2.17. The van der Waals surface area contributed by atoms with Gasteiger partial charge >= 0.3 is 0 Å². The molecule has 2 rings (SSSR count). The van der Waals surface area contributed by atoms with Crippen LogP contribution in [0.1, 0.15) is 30.4 Å². The smallest absolute Gasteiger partial charge is 0.0723 e. The van der Waals surface area contributed by atoms with Gasteiger partial charge in [0, 0.05) is 0 Å². The van der Waals surface area contributed by atoms with E-state index >= 15 is 0 Å². The van der Waals surface area contributed by atoms with Gasteiger partial charge in [0.2, 0.25) is 0 Å². The molecule has 1 aromatic carbocycles. The largest absolute Gasteiger partial charge is 0.374 e. The van der Waals surface area contributed by atoms with E-state index in [0.29, 0.717) is 6.10 Å². The summed E-state index contributed by atoms with van der Waals surface area (Å²) in [5, 5.41) is 3.19. The Labute approximate surface area is 98.0 Å². The molecule has 0 spiro atoms. The Kier molecular flexibility index (Phi) is 4.37. The van der Waals surface area contributed by atoms with E-state index in [-0.39, 0.29) is 0 Å². The minimum atomic E-state index is 0.525. The molecule has 0 radical (unpaired) electrons. The van der Waals surface area contributed by atoms with Crippen molar-refractivity contribution in [3.63, 3.8) is 0 Å². The van der Waals surface area contributed by atoms with Crippen LogP contribution in [0.5, 0.6) is 0 Å². The van der Waals surface area contributed by atoms with Gasteiger partial charge in [0.05, 0.1) is 12.7 Å². The van der Waals surface area contributed by atoms with Crippen LogP contribution < -0.4 is 5.32 Å². The lowest BCUT2D eigenvalue weighted by Crippen LogP contribution is -2.21. The van der Waals surface area contributed by atoms with Crippen molar-refractivity contribution >= 4 is 0 Å². The summed E-state index contributed by atoms with van der Waals surface area (Å²) in [7, 11) is 1.99. The molecule has 0 unspecified atom stereocenters. The Morgan fingerprint density at radius 3 is 2.62 bits per heavy atom. The van der Waals surface area contributed by atoms with Crippen molar-refractivity contribution in [3.05, 3.63) is 35.4 Å². The van der Waals surface area contributed by atoms with Gasteiger partial charge in [-0.3, -0.25) is 0 Å². The maximum absolute atomic E-state index is 5.86. The highest BCUT2D eigenvalue weighted by atomic mass is 16.5. The number of ether oxygens (including phenoxy) is 1. The van der Waals surface area contributed by atoms with E-state index in [2.05, 4.69) is 29.6 Å². The lowest BCUT2D eigenvalue weighted by Gasteiger charge is -2.26. The molecule has 16 heavy (non-hydrogen) atoms. The Hall–Kier alpha value is -0.860. The van der Waals surface area contributed by atoms with Crippen molar-refractivity contribution in [1.82, 2.24) is 5.32 Å². The molecule has 1 N–H and O–H groups in total. The fourth-order valence-electron chi connectivity index (χ4n) is 1.95. The van der Waals surface area contributed by atoms with Gasteiger partial charge in [-0.25, -0.2) is 0 Å². The first-order valence-electron chi connectivity index (χ1n) is 6.23. The van der Waals surface area contributed by atoms with Gasteiger partial charge in [-0.15, -0.1) is 0 Å². The van der Waals surface area contributed by atoms with E-state index in [1.807, 2.05) is 7.05 Å². The molecule has 2 heteroatoms. The standard InChI is InChI=1S/C14H21NO/c1-15-10-9-12-5-2-3-6-13(12)11-16-14-7-4-8-14/h2-3,5-6,14-15H,4,7-11H2,1H3. The Bertz CT molecular complexity index is 320. The Morgan fingerprint density at radius 1 is 1.25 bits per heavy atom. The van der Waals surface area contributed by atoms with Crippen LogP contribution in [-0.2, 0) is 17.8 Å². The number of nitrogens with one attached hydrogen (secondary N) is 1. The zero-order chi connectivity index (χ0) is 11.2. The Morgan fingerprint density at radius 2 is 2.00 bits per heavy atom. The van der Waals surface area contributed by atoms with E-state index in [4.69, 9.17) is 4.74 Å². The van der Waals surface area contributed by atoms with Crippen molar-refractivity contribution in [2.24, 2.45) is 0 Å². The second-order valence-electron chi connectivity index (χ2n) is 4.49. The molecular formula is C14H21NO. The monoisotopic (exact) mass is 219 g/mol. The second kappa shape index (κ2) is 6.02. The summed E-state index contributed by atoms with van der Waals surface area (Å²) in [6.07, 6.45) is 5.45. The quantitative estimate of drug-likeness (QED) is 0.794. The van der Waals surface area contributed by atoms with Gasteiger partial charge in [0.1, 0.15) is 0 Å². The minimum Gasteiger partial charge on any atom is -0.374 e. The van der Waals surface area contributed by atoms with Gasteiger partial charge in [-0.1, -0.05) is 24.3 Å². The summed E-state index contributed by atoms with van der Waals surface area (Å²) in [5.41, 5.74) is 2.76. The zero-order valence-corrected chi connectivity index (χ0v) is 10.0. The molecule has 1 aliphatic rings. The van der Waals surface area contributed by atoms with Crippen LogP contribution in [-0.4, -0.2) is 19.7 Å². The Balaban J connectivity index is 1.89. The highest BCUT2D eigenvalue weighted by molar-refractivity contribution is 5.26. The summed E-state index contributed by atoms with van der Waals surface area (Å²) < 4.78 is 5.86. The summed E-state index contributed by atoms with van der Waals surface area (Å²) in [6, 6.07) is 8.60. The first kappa shape index (κ1) is 11.6. The third-order valence-corrected chi connectivity index (χ3v) is 3.29. The number of rotatable bonds is 6. The summed E-state index contributed by atoms with van der Waals surface area (Å²) in [5.74, 6) is 0. The van der Waals surface area contributed by atoms with Gasteiger partial charge in [0.15, 0.2) is 0 Å². The summed E-state index contributed by atoms with van der Waals surface area (Å²) in [4.78, 5) is 0. The molecule has 0 amide bonds. The van der Waals surface area contributed by atoms with Crippen LogP contribution in [0.2, 0.25) is 0 Å². The zero-order valence-electron chi connectivity index (χ0n) is 10.0. The minimum absolute atomic E-state index is 0.525. The number of benzene rings is 1. The highest BCUT2D eigenvalue weighted by Crippen LogP contribution is 2.23. The molecule has 1 saturated carbocycles. The van der Waals surface area contributed by atoms with Gasteiger partial charge in [-0.05, 0) is 50.4 Å². The molecule has 2 nitrogen and oxygen atoms in total. The summed E-state index contributed by atoms with van der Waals surface area (Å²) >= 11 is 0. The van der Waals surface area contributed by atoms with E-state index in [1.54, 1.807) is 0 Å². The summed E-state index contributed by atoms with van der Waals surface area (Å²) in [6.45, 7) is 1.81. The third-order valence-electron chi connectivity index (χ3n) is 3.29. The number of hydrogen-bond donors (Lipinski definition) is 1. The van der Waals surface area contributed by atoms with E-state index in [0.717, 1.165) is 19.6 Å². The lowest BCUT2D eigenvalue weighted by molar-refractivity contribution is -0.00893. The molecule has 0 saturated heterocycles. The second-order valence-corrected chi connectivity index (χ2v) is 4.49. The molecule has 88 valence electrons. The fourth-order valence-corrected chi connectivity index (χ4v) is 1.95. The maximum Gasteiger partial charge on any atom is 0.0723 e. The predicted octanol–water partition coefficient (Wildman–Crippen LogP) is 2.52. The van der Waals surface area contributed by atoms with Crippen molar-refractivity contribution in [3.8, 4) is 0 Å². The van der Waals surface area contributed by atoms with E-state index in [1.165, 1.54) is 30.4 Å². The van der Waals surface area contributed by atoms with Gasteiger partial charge in [-0.2, -0.15) is 0 Å². The van der Waals surface area contributed by atoms with Crippen LogP contribution in [0, 0.1) is 0 Å². The first-order valence-corrected chi connectivity index (χ1v) is 6.23. The molecule has 0 bridgehead atoms. The van der Waals surface area contributed by atoms with E-state index < -0.39 is 0 Å². The van der Waals surface area contributed by atoms with Crippen LogP contribution in [0.3, 0.4) is 0 Å². The van der Waals surface area contributed by atoms with Gasteiger partial charge in [0.25, 0.3) is 0 Å². The molecule has 0 aliphatic heterocycles. The SMILES string of the molecule is CNCCc1ccccc1COC1CCC1. The van der Waals surface area contributed by atoms with Crippen LogP contribution >= 0.6 is 0 Å². The van der Waals surface area contributed by atoms with Gasteiger partial charge < -0.3 is 10.1 Å². The molecular weight excluding hydrogens is 198 g/mol. The number of hydrogen-bond acceptors (Lipinski definition) is 2. The number of likely N-dealkylation sites (N-methyl/N-ethyl adjacent to an activating group) is 1. The molecule has 0 aromatic heterocycles. The van der Waals surface area contributed by atoms with Crippen molar-refractivity contribution in [1.29, 1.82) is 0 Å². The third kappa shape index (κ3) is 3.06. The molecule has 1 aliphatic carbocycles. The lowest BCUT2D eigenvalue weighted by atomic mass is 9.96. The topological polar surface area (TPSA) is 21.3 Å². The molecule has 0 heterocycles. The van der Waals surface area contributed by atoms with Crippen molar-refractivity contribution in [2.45, 2.75) is 38.4 Å². The maximum atomic E-state index is 5.86. The molecule has 1 aromatic rings. The van der Waals surface area contributed by atoms with Crippen molar-refractivity contribution < 1.29 is 4.74 Å². The predicted molar refractivity (Wildman–Crippen MR) is 66.5 cm³/mol. The van der Waals surface area contributed by atoms with Crippen LogP contribution in [0.25, 0.3) is 0 Å². The molecule has 1 fully saturated rings. The fraction of sp³-hybridized carbons (Fsp3) is 0.571. The molecule has 0 atom stereocenters. The van der Waals surface area contributed by atoms with E-state index in [9.17, 15) is 0 Å². The normalized spacial score (nSPS) is 16.1. The first-order chi connectivity index (χ1) is 7.90. The van der Waals surface area contributed by atoms with Crippen molar-refractivity contribution in [2.75, 3.05) is 13.6 Å².